The maximum absolute atomic E-state index is 12.7. The van der Waals surface area contributed by atoms with Crippen LogP contribution in [0, 0.1) is 0 Å². The number of rotatable bonds is 4. The summed E-state index contributed by atoms with van der Waals surface area (Å²) in [6.07, 6.45) is -13.9. The SMILES string of the molecule is FC(F)(F)I.Nc1ccn([C@@H]2O[C@H](CO)[C@H](O)C2O)c(=O)n1.Nc1nc(=O)n([C@@H]2O[C@H](CO)[C@H](O)C2O)cc1C(F)(F)F. The Morgan fingerprint density at radius 2 is 1.23 bits per heavy atom. The van der Waals surface area contributed by atoms with Crippen molar-refractivity contribution in [2.75, 3.05) is 24.7 Å². The molecule has 4 heterocycles. The molecule has 16 nitrogen and oxygen atoms in total. The summed E-state index contributed by atoms with van der Waals surface area (Å²) in [7, 11) is 0. The third kappa shape index (κ3) is 9.42. The van der Waals surface area contributed by atoms with Gasteiger partial charge >= 0.3 is 21.7 Å². The number of nitrogens with zero attached hydrogens (tertiary/aromatic N) is 4. The van der Waals surface area contributed by atoms with E-state index in [-0.39, 0.29) is 5.82 Å². The van der Waals surface area contributed by atoms with Crippen molar-refractivity contribution in [2.24, 2.45) is 0 Å². The predicted molar refractivity (Wildman–Crippen MR) is 137 cm³/mol. The second-order valence-electron chi connectivity index (χ2n) is 8.66. The second-order valence-corrected chi connectivity index (χ2v) is 9.88. The van der Waals surface area contributed by atoms with Gasteiger partial charge in [0.15, 0.2) is 12.5 Å². The highest BCUT2D eigenvalue weighted by Crippen LogP contribution is 2.34. The first kappa shape index (κ1) is 36.5. The minimum Gasteiger partial charge on any atom is -0.394 e. The van der Waals surface area contributed by atoms with Crippen LogP contribution in [-0.4, -0.2) is 104 Å². The second kappa shape index (κ2) is 14.4. The number of nitrogen functional groups attached to an aromatic ring is 2. The van der Waals surface area contributed by atoms with Crippen LogP contribution in [0.15, 0.2) is 28.0 Å². The van der Waals surface area contributed by atoms with Gasteiger partial charge in [-0.25, -0.2) is 9.59 Å². The van der Waals surface area contributed by atoms with Crippen LogP contribution in [0.4, 0.5) is 38.0 Å². The van der Waals surface area contributed by atoms with E-state index in [1.165, 1.54) is 12.3 Å². The molecule has 0 saturated carbocycles. The van der Waals surface area contributed by atoms with E-state index in [1.807, 2.05) is 0 Å². The highest BCUT2D eigenvalue weighted by Gasteiger charge is 2.45. The molecule has 0 aliphatic carbocycles. The molecule has 2 unspecified atom stereocenters. The maximum atomic E-state index is 12.7. The number of anilines is 2. The molecule has 4 rings (SSSR count). The fourth-order valence-electron chi connectivity index (χ4n) is 3.72. The third-order valence-electron chi connectivity index (χ3n) is 5.72. The molecule has 0 amide bonds. The van der Waals surface area contributed by atoms with E-state index in [0.29, 0.717) is 33.4 Å². The van der Waals surface area contributed by atoms with Crippen LogP contribution in [0.5, 0.6) is 0 Å². The topological polar surface area (TPSA) is 262 Å². The van der Waals surface area contributed by atoms with Crippen LogP contribution in [0.25, 0.3) is 0 Å². The number of nitrogens with two attached hydrogens (primary N) is 2. The molecular weight excluding hydrogens is 725 g/mol. The summed E-state index contributed by atoms with van der Waals surface area (Å²) in [5, 5.41) is 56.3. The van der Waals surface area contributed by atoms with Crippen molar-refractivity contribution in [2.45, 2.75) is 59.4 Å². The first-order valence-electron chi connectivity index (χ1n) is 11.5. The molecule has 0 radical (unpaired) electrons. The summed E-state index contributed by atoms with van der Waals surface area (Å²) in [5.41, 5.74) is 7.12. The maximum Gasteiger partial charge on any atom is 0.441 e. The van der Waals surface area contributed by atoms with Gasteiger partial charge in [0.1, 0.15) is 53.8 Å². The first-order valence-corrected chi connectivity index (χ1v) is 12.6. The van der Waals surface area contributed by atoms with Crippen molar-refractivity contribution >= 4 is 34.2 Å². The lowest BCUT2D eigenvalue weighted by atomic mass is 10.1. The normalized spacial score (nSPS) is 29.0. The number of ether oxygens (including phenoxy) is 2. The van der Waals surface area contributed by atoms with E-state index in [9.17, 15) is 56.4 Å². The molecule has 43 heavy (non-hydrogen) atoms. The Labute approximate surface area is 248 Å². The number of hydrogen-bond donors (Lipinski definition) is 8. The molecule has 0 aromatic carbocycles. The standard InChI is InChI=1S/C10H12F3N3O5.C9H13N3O5.CF3I/c11-10(12,13)3-1-16(9(20)15-7(3)14)8-6(19)5(18)4(2-17)21-8;10-5-1-2-12(9(16)11-5)8-7(15)6(14)4(3-13)17-8;2-1(3,4)5/h1,4-6,8,17-19H,2H2,(H2,14,15,20);1-2,4,6-8,13-15H,3H2,(H2,10,11,16);/t4-,5+,6?,8-;4-,6+,7?,8-;/m11./s1. The fourth-order valence-corrected chi connectivity index (χ4v) is 3.72. The van der Waals surface area contributed by atoms with E-state index in [4.69, 9.17) is 31.2 Å². The van der Waals surface area contributed by atoms with Gasteiger partial charge < -0.3 is 51.6 Å². The number of halogens is 7. The smallest absolute Gasteiger partial charge is 0.394 e. The van der Waals surface area contributed by atoms with Gasteiger partial charge in [0, 0.05) is 35.0 Å². The Kier molecular flexibility index (Phi) is 12.3. The Morgan fingerprint density at radius 1 is 0.814 bits per heavy atom. The van der Waals surface area contributed by atoms with E-state index in [1.54, 1.807) is 0 Å². The summed E-state index contributed by atoms with van der Waals surface area (Å²) >= 11 is 0.378. The Hall–Kier alpha value is -2.65. The summed E-state index contributed by atoms with van der Waals surface area (Å²) in [6, 6.07) is 1.37. The largest absolute Gasteiger partial charge is 0.441 e. The molecule has 0 spiro atoms. The molecule has 2 aliphatic rings. The average Bonchev–Trinajstić information content (AvgIpc) is 3.32. The number of aromatic nitrogens is 4. The number of aliphatic hydroxyl groups excluding tert-OH is 6. The Bertz CT molecular complexity index is 1340. The lowest BCUT2D eigenvalue weighted by molar-refractivity contribution is -0.138. The first-order chi connectivity index (χ1) is 19.7. The van der Waals surface area contributed by atoms with Crippen LogP contribution in [0.2, 0.25) is 0 Å². The molecular formula is C20H25F6IN6O10. The number of hydrogen-bond acceptors (Lipinski definition) is 14. The summed E-state index contributed by atoms with van der Waals surface area (Å²) < 4.78 is 76.7. The quantitative estimate of drug-likeness (QED) is 0.0941. The van der Waals surface area contributed by atoms with Crippen LogP contribution in [-0.2, 0) is 15.7 Å². The molecule has 10 N–H and O–H groups in total. The van der Waals surface area contributed by atoms with Crippen LogP contribution in [0.1, 0.15) is 18.0 Å². The van der Waals surface area contributed by atoms with Gasteiger partial charge in [-0.15, -0.1) is 0 Å². The van der Waals surface area contributed by atoms with Crippen LogP contribution >= 0.6 is 22.6 Å². The minimum absolute atomic E-state index is 0.0537. The van der Waals surface area contributed by atoms with Gasteiger partial charge in [-0.2, -0.15) is 36.3 Å². The monoisotopic (exact) mass is 750 g/mol. The lowest BCUT2D eigenvalue weighted by Crippen LogP contribution is -2.37. The predicted octanol–water partition coefficient (Wildman–Crippen LogP) is -2.17. The fraction of sp³-hybridized carbons (Fsp3) is 0.600. The lowest BCUT2D eigenvalue weighted by Gasteiger charge is -2.19. The van der Waals surface area contributed by atoms with Crippen molar-refractivity contribution in [1.82, 2.24) is 19.1 Å². The van der Waals surface area contributed by atoms with Gasteiger partial charge in [-0.3, -0.25) is 9.13 Å². The summed E-state index contributed by atoms with van der Waals surface area (Å²) in [5.74, 6) is -0.950. The summed E-state index contributed by atoms with van der Waals surface area (Å²) in [4.78, 5) is 29.6. The molecule has 2 saturated heterocycles. The van der Waals surface area contributed by atoms with Gasteiger partial charge in [-0.05, 0) is 6.07 Å². The minimum atomic E-state index is -4.86. The molecule has 23 heteroatoms. The Balaban J connectivity index is 0.000000264. The molecule has 2 fully saturated rings. The zero-order valence-electron chi connectivity index (χ0n) is 21.2. The van der Waals surface area contributed by atoms with Gasteiger partial charge in [0.05, 0.1) is 13.2 Å². The van der Waals surface area contributed by atoms with Crippen molar-refractivity contribution in [1.29, 1.82) is 0 Å². The van der Waals surface area contributed by atoms with Crippen molar-refractivity contribution < 1.29 is 66.5 Å². The zero-order chi connectivity index (χ0) is 33.0. The zero-order valence-corrected chi connectivity index (χ0v) is 23.3. The van der Waals surface area contributed by atoms with Crippen LogP contribution < -0.4 is 22.8 Å². The van der Waals surface area contributed by atoms with Crippen molar-refractivity contribution in [3.63, 3.8) is 0 Å². The van der Waals surface area contributed by atoms with Crippen molar-refractivity contribution in [3.05, 3.63) is 45.0 Å². The third-order valence-corrected chi connectivity index (χ3v) is 5.72. The van der Waals surface area contributed by atoms with E-state index in [2.05, 4.69) is 9.97 Å². The highest BCUT2D eigenvalue weighted by molar-refractivity contribution is 14.1. The molecule has 2 aliphatic heterocycles. The van der Waals surface area contributed by atoms with E-state index < -0.39 is 95.4 Å². The van der Waals surface area contributed by atoms with Crippen molar-refractivity contribution in [3.8, 4) is 0 Å². The summed E-state index contributed by atoms with van der Waals surface area (Å²) in [6.45, 7) is -1.14. The van der Waals surface area contributed by atoms with Gasteiger partial charge in [-0.1, -0.05) is 0 Å². The molecule has 2 aromatic heterocycles. The average molecular weight is 750 g/mol. The number of alkyl halides is 7. The van der Waals surface area contributed by atoms with Gasteiger partial charge in [0.25, 0.3) is 0 Å². The van der Waals surface area contributed by atoms with Crippen LogP contribution in [0.3, 0.4) is 0 Å². The van der Waals surface area contributed by atoms with E-state index >= 15 is 0 Å². The van der Waals surface area contributed by atoms with E-state index in [0.717, 1.165) is 4.57 Å². The Morgan fingerprint density at radius 3 is 1.60 bits per heavy atom. The van der Waals surface area contributed by atoms with Gasteiger partial charge in [0.2, 0.25) is 0 Å². The molecule has 244 valence electrons. The molecule has 0 bridgehead atoms. The number of aliphatic hydroxyl groups is 6. The molecule has 8 atom stereocenters. The molecule has 2 aromatic rings. The highest BCUT2D eigenvalue weighted by atomic mass is 127.